The van der Waals surface area contributed by atoms with Crippen molar-refractivity contribution >= 4 is 0 Å². The van der Waals surface area contributed by atoms with Crippen LogP contribution < -0.4 is 15.2 Å². The molecule has 0 radical (unpaired) electrons. The van der Waals surface area contributed by atoms with E-state index in [1.54, 1.807) is 19.2 Å². The Balaban J connectivity index is 1.61. The Morgan fingerprint density at radius 3 is 2.39 bits per heavy atom. The molecule has 33 heavy (non-hydrogen) atoms. The number of nitrogens with zero attached hydrogens (tertiary/aromatic N) is 3. The number of rotatable bonds is 6. The van der Waals surface area contributed by atoms with Crippen LogP contribution in [0, 0.1) is 6.92 Å². The van der Waals surface area contributed by atoms with Crippen LogP contribution >= 0.6 is 0 Å². The Morgan fingerprint density at radius 1 is 0.970 bits per heavy atom. The van der Waals surface area contributed by atoms with Crippen molar-refractivity contribution in [2.45, 2.75) is 39.7 Å². The molecule has 0 atom stereocenters. The zero-order valence-corrected chi connectivity index (χ0v) is 19.5. The van der Waals surface area contributed by atoms with Gasteiger partial charge in [0.15, 0.2) is 0 Å². The Kier molecular flexibility index (Phi) is 6.05. The quantitative estimate of drug-likeness (QED) is 0.461. The lowest BCUT2D eigenvalue weighted by Gasteiger charge is -2.20. The number of tetrazole rings is 1. The van der Waals surface area contributed by atoms with E-state index in [0.29, 0.717) is 17.0 Å². The predicted molar refractivity (Wildman–Crippen MR) is 128 cm³/mol. The molecule has 7 heteroatoms. The highest BCUT2D eigenvalue weighted by Crippen LogP contribution is 2.31. The minimum absolute atomic E-state index is 0.0896. The molecular weight excluding hydrogens is 416 g/mol. The fourth-order valence-corrected chi connectivity index (χ4v) is 3.75. The van der Waals surface area contributed by atoms with Gasteiger partial charge in [-0.2, -0.15) is 4.68 Å². The fourth-order valence-electron chi connectivity index (χ4n) is 3.75. The number of H-pyrrole nitrogens is 1. The average Bonchev–Trinajstić information content (AvgIpc) is 3.23. The summed E-state index contributed by atoms with van der Waals surface area (Å²) in [5.74, 6) is 1.37. The second kappa shape index (κ2) is 8.94. The molecule has 0 aliphatic heterocycles. The summed E-state index contributed by atoms with van der Waals surface area (Å²) in [7, 11) is 1.58. The number of ether oxygens (including phenoxy) is 2. The molecule has 4 rings (SSSR count). The summed E-state index contributed by atoms with van der Waals surface area (Å²) < 4.78 is 12.9. The van der Waals surface area contributed by atoms with Gasteiger partial charge in [0.1, 0.15) is 18.1 Å². The van der Waals surface area contributed by atoms with Crippen molar-refractivity contribution in [2.24, 2.45) is 0 Å². The van der Waals surface area contributed by atoms with Crippen LogP contribution in [0.1, 0.15) is 37.5 Å². The highest BCUT2D eigenvalue weighted by Gasteiger charge is 2.16. The van der Waals surface area contributed by atoms with Crippen molar-refractivity contribution in [1.82, 2.24) is 20.2 Å². The molecule has 0 fully saturated rings. The average molecular weight is 445 g/mol. The van der Waals surface area contributed by atoms with Crippen molar-refractivity contribution in [1.29, 1.82) is 0 Å². The molecule has 0 spiro atoms. The number of aromatic amines is 1. The lowest BCUT2D eigenvalue weighted by Crippen LogP contribution is -2.18. The van der Waals surface area contributed by atoms with Gasteiger partial charge < -0.3 is 9.47 Å². The highest BCUT2D eigenvalue weighted by atomic mass is 16.5. The maximum absolute atomic E-state index is 12.1. The molecule has 170 valence electrons. The van der Waals surface area contributed by atoms with E-state index in [2.05, 4.69) is 72.7 Å². The molecule has 0 saturated heterocycles. The number of aryl methyl sites for hydroxylation is 1. The molecule has 1 heterocycles. The van der Waals surface area contributed by atoms with Gasteiger partial charge in [-0.25, -0.2) is 9.89 Å². The second-order valence-corrected chi connectivity index (χ2v) is 8.98. The monoisotopic (exact) mass is 444 g/mol. The summed E-state index contributed by atoms with van der Waals surface area (Å²) in [5, 5.41) is 9.75. The van der Waals surface area contributed by atoms with Gasteiger partial charge in [0.25, 0.3) is 0 Å². The van der Waals surface area contributed by atoms with Crippen LogP contribution in [-0.2, 0) is 12.0 Å². The first-order valence-electron chi connectivity index (χ1n) is 10.8. The van der Waals surface area contributed by atoms with Crippen LogP contribution in [0.15, 0.2) is 65.5 Å². The van der Waals surface area contributed by atoms with E-state index >= 15 is 0 Å². The van der Waals surface area contributed by atoms with Crippen LogP contribution in [0.3, 0.4) is 0 Å². The Morgan fingerprint density at radius 2 is 1.73 bits per heavy atom. The summed E-state index contributed by atoms with van der Waals surface area (Å²) in [4.78, 5) is 12.1. The lowest BCUT2D eigenvalue weighted by molar-refractivity contribution is 0.294. The predicted octanol–water partition coefficient (Wildman–Crippen LogP) is 4.82. The summed E-state index contributed by atoms with van der Waals surface area (Å²) in [5.41, 5.74) is 5.55. The van der Waals surface area contributed by atoms with Gasteiger partial charge in [0.2, 0.25) is 0 Å². The number of nitrogens with one attached hydrogen (secondary N) is 1. The number of hydrogen-bond donors (Lipinski definition) is 1. The van der Waals surface area contributed by atoms with E-state index in [4.69, 9.17) is 9.47 Å². The van der Waals surface area contributed by atoms with Crippen molar-refractivity contribution < 1.29 is 9.47 Å². The Labute approximate surface area is 193 Å². The molecule has 0 amide bonds. The van der Waals surface area contributed by atoms with Gasteiger partial charge in [0.05, 0.1) is 18.4 Å². The van der Waals surface area contributed by atoms with E-state index in [0.717, 1.165) is 16.9 Å². The van der Waals surface area contributed by atoms with E-state index in [1.807, 2.05) is 19.1 Å². The second-order valence-electron chi connectivity index (χ2n) is 8.98. The highest BCUT2D eigenvalue weighted by molar-refractivity contribution is 5.66. The van der Waals surface area contributed by atoms with Crippen LogP contribution in [-0.4, -0.2) is 27.3 Å². The summed E-state index contributed by atoms with van der Waals surface area (Å²) in [6.07, 6.45) is 0. The normalized spacial score (nSPS) is 11.4. The molecule has 0 saturated carbocycles. The molecule has 0 aliphatic carbocycles. The Hall–Kier alpha value is -3.87. The molecule has 7 nitrogen and oxygen atoms in total. The van der Waals surface area contributed by atoms with Crippen molar-refractivity contribution in [2.75, 3.05) is 7.11 Å². The van der Waals surface area contributed by atoms with Gasteiger partial charge in [-0.05, 0) is 69.3 Å². The molecule has 0 bridgehead atoms. The zero-order valence-electron chi connectivity index (χ0n) is 19.5. The topological polar surface area (TPSA) is 82.0 Å². The third kappa shape index (κ3) is 4.67. The van der Waals surface area contributed by atoms with E-state index in [9.17, 15) is 4.79 Å². The fraction of sp³-hybridized carbons (Fsp3) is 0.269. The Bertz CT molecular complexity index is 1330. The van der Waals surface area contributed by atoms with Gasteiger partial charge in [-0.1, -0.05) is 57.2 Å². The first kappa shape index (κ1) is 22.3. The molecule has 0 unspecified atom stereocenters. The molecule has 1 aromatic heterocycles. The first-order valence-corrected chi connectivity index (χ1v) is 10.8. The van der Waals surface area contributed by atoms with Crippen molar-refractivity contribution in [3.8, 4) is 28.3 Å². The van der Waals surface area contributed by atoms with E-state index in [-0.39, 0.29) is 12.0 Å². The third-order valence-electron chi connectivity index (χ3n) is 5.64. The van der Waals surface area contributed by atoms with Gasteiger partial charge in [-0.15, -0.1) is 0 Å². The zero-order chi connectivity index (χ0) is 23.6. The molecule has 3 aromatic carbocycles. The van der Waals surface area contributed by atoms with Crippen LogP contribution in [0.4, 0.5) is 0 Å². The van der Waals surface area contributed by atoms with Crippen LogP contribution in [0.5, 0.6) is 11.5 Å². The minimum Gasteiger partial charge on any atom is -0.496 e. The number of benzene rings is 3. The van der Waals surface area contributed by atoms with Gasteiger partial charge in [-0.3, -0.25) is 0 Å². The summed E-state index contributed by atoms with van der Waals surface area (Å²) in [6, 6.07) is 20.2. The number of hydrogen-bond acceptors (Lipinski definition) is 5. The molecule has 0 aliphatic rings. The maximum atomic E-state index is 12.1. The van der Waals surface area contributed by atoms with Crippen molar-refractivity contribution in [3.05, 3.63) is 87.8 Å². The van der Waals surface area contributed by atoms with Crippen LogP contribution in [0.2, 0.25) is 0 Å². The lowest BCUT2D eigenvalue weighted by atomic mass is 9.85. The summed E-state index contributed by atoms with van der Waals surface area (Å²) in [6.45, 7) is 8.88. The van der Waals surface area contributed by atoms with Crippen molar-refractivity contribution in [3.63, 3.8) is 0 Å². The number of aromatic nitrogens is 4. The molecule has 1 N–H and O–H groups in total. The standard InChI is InChI=1S/C26H28N4O3/c1-17-14-19(18-8-6-9-20(15-18)26(2,3)4)12-13-23(17)33-16-21-22(10-7-11-24(21)32-5)30-25(31)27-28-29-30/h6-15H,16H2,1-5H3,(H,27,29,31). The SMILES string of the molecule is COc1cccc(-n2nn[nH]c2=O)c1COc1ccc(-c2cccc(C(C)(C)C)c2)cc1C. The first-order chi connectivity index (χ1) is 15.8. The third-order valence-corrected chi connectivity index (χ3v) is 5.64. The van der Waals surface area contributed by atoms with Gasteiger partial charge >= 0.3 is 5.69 Å². The summed E-state index contributed by atoms with van der Waals surface area (Å²) >= 11 is 0. The minimum atomic E-state index is -0.428. The smallest absolute Gasteiger partial charge is 0.365 e. The largest absolute Gasteiger partial charge is 0.496 e. The number of methoxy groups -OCH3 is 1. The van der Waals surface area contributed by atoms with E-state index in [1.165, 1.54) is 15.8 Å². The molecule has 4 aromatic rings. The molecular formula is C26H28N4O3. The maximum Gasteiger partial charge on any atom is 0.365 e. The van der Waals surface area contributed by atoms with E-state index < -0.39 is 5.69 Å². The van der Waals surface area contributed by atoms with Gasteiger partial charge in [0, 0.05) is 0 Å². The van der Waals surface area contributed by atoms with Crippen LogP contribution in [0.25, 0.3) is 16.8 Å².